The molecule has 4 atom stereocenters. The Morgan fingerprint density at radius 1 is 0.886 bits per heavy atom. The van der Waals surface area contributed by atoms with Crippen molar-refractivity contribution < 1.29 is 24.2 Å². The molecule has 4 N–H and O–H groups in total. The summed E-state index contributed by atoms with van der Waals surface area (Å²) in [6, 6.07) is 0.483. The lowest BCUT2D eigenvalue weighted by Gasteiger charge is -2.32. The first-order valence-corrected chi connectivity index (χ1v) is 14.1. The number of aliphatic carboxylic acids is 1. The molecular formula is C27H47N3O5. The largest absolute Gasteiger partial charge is 0.481 e. The molecule has 0 bridgehead atoms. The molecular weight excluding hydrogens is 446 g/mol. The molecule has 3 saturated carbocycles. The van der Waals surface area contributed by atoms with Crippen LogP contribution in [0.15, 0.2) is 0 Å². The van der Waals surface area contributed by atoms with Gasteiger partial charge >= 0.3 is 12.0 Å². The van der Waals surface area contributed by atoms with Crippen LogP contribution in [0, 0.1) is 17.8 Å². The van der Waals surface area contributed by atoms with Crippen LogP contribution in [0.5, 0.6) is 0 Å². The smallest absolute Gasteiger partial charge is 0.315 e. The first-order chi connectivity index (χ1) is 16.9. The lowest BCUT2D eigenvalue weighted by molar-refractivity contribution is -0.137. The minimum atomic E-state index is -0.780. The van der Waals surface area contributed by atoms with Crippen LogP contribution in [-0.2, 0) is 14.3 Å². The van der Waals surface area contributed by atoms with E-state index in [1.54, 1.807) is 0 Å². The second kappa shape index (κ2) is 14.7. The van der Waals surface area contributed by atoms with E-state index in [1.807, 2.05) is 0 Å². The van der Waals surface area contributed by atoms with E-state index >= 15 is 0 Å². The maximum Gasteiger partial charge on any atom is 0.315 e. The standard InChI is InChI=1S/C27H47N3O5/c1-19-6-2-3-9-24(19)30-27(34)29-22-13-11-20(12-14-22)17-25(31)28-18-21-7-4-8-23(16-21)35-15-5-10-26(32)33/h19-24H,2-18H2,1H3,(H,28,31)(H,32,33)(H2,29,30,34). The fourth-order valence-corrected chi connectivity index (χ4v) is 6.08. The van der Waals surface area contributed by atoms with Crippen molar-refractivity contribution >= 4 is 17.9 Å². The van der Waals surface area contributed by atoms with Gasteiger partial charge in [-0.15, -0.1) is 0 Å². The molecule has 0 saturated heterocycles. The number of hydrogen-bond donors (Lipinski definition) is 4. The van der Waals surface area contributed by atoms with E-state index in [-0.39, 0.29) is 30.5 Å². The van der Waals surface area contributed by atoms with Crippen molar-refractivity contribution in [2.24, 2.45) is 17.8 Å². The molecule has 4 unspecified atom stereocenters. The van der Waals surface area contributed by atoms with Gasteiger partial charge in [-0.1, -0.05) is 26.2 Å². The number of amides is 3. The zero-order valence-electron chi connectivity index (χ0n) is 21.6. The molecule has 3 rings (SSSR count). The van der Waals surface area contributed by atoms with Gasteiger partial charge in [0.1, 0.15) is 0 Å². The van der Waals surface area contributed by atoms with Gasteiger partial charge < -0.3 is 25.8 Å². The summed E-state index contributed by atoms with van der Waals surface area (Å²) < 4.78 is 5.87. The lowest BCUT2D eigenvalue weighted by atomic mass is 9.83. The quantitative estimate of drug-likeness (QED) is 0.319. The highest BCUT2D eigenvalue weighted by atomic mass is 16.5. The number of carbonyl (C=O) groups is 3. The van der Waals surface area contributed by atoms with E-state index < -0.39 is 5.97 Å². The van der Waals surface area contributed by atoms with Gasteiger partial charge in [-0.2, -0.15) is 0 Å². The van der Waals surface area contributed by atoms with Crippen LogP contribution in [0.1, 0.15) is 103 Å². The summed E-state index contributed by atoms with van der Waals surface area (Å²) in [5, 5.41) is 18.2. The SMILES string of the molecule is CC1CCCCC1NC(=O)NC1CCC(CC(=O)NCC2CCCC(OCCCC(=O)O)C2)CC1. The van der Waals surface area contributed by atoms with Crippen LogP contribution in [-0.4, -0.2) is 54.4 Å². The van der Waals surface area contributed by atoms with Gasteiger partial charge in [0.2, 0.25) is 5.91 Å². The van der Waals surface area contributed by atoms with Crippen LogP contribution < -0.4 is 16.0 Å². The third-order valence-electron chi connectivity index (χ3n) is 8.30. The normalized spacial score (nSPS) is 31.3. The van der Waals surface area contributed by atoms with Crippen LogP contribution in [0.25, 0.3) is 0 Å². The summed E-state index contributed by atoms with van der Waals surface area (Å²) in [5.74, 6) is 0.737. The van der Waals surface area contributed by atoms with Gasteiger partial charge in [0.15, 0.2) is 0 Å². The summed E-state index contributed by atoms with van der Waals surface area (Å²) in [7, 11) is 0. The van der Waals surface area contributed by atoms with Gasteiger partial charge in [0, 0.05) is 38.1 Å². The van der Waals surface area contributed by atoms with E-state index in [9.17, 15) is 14.4 Å². The number of hydrogen-bond acceptors (Lipinski definition) is 4. The molecule has 8 nitrogen and oxygen atoms in total. The van der Waals surface area contributed by atoms with E-state index in [1.165, 1.54) is 19.3 Å². The van der Waals surface area contributed by atoms with Crippen LogP contribution >= 0.6 is 0 Å². The highest BCUT2D eigenvalue weighted by Crippen LogP contribution is 2.29. The van der Waals surface area contributed by atoms with Gasteiger partial charge in [-0.05, 0) is 82.0 Å². The fraction of sp³-hybridized carbons (Fsp3) is 0.889. The summed E-state index contributed by atoms with van der Waals surface area (Å²) in [5.41, 5.74) is 0. The Labute approximate surface area is 210 Å². The minimum absolute atomic E-state index is 0.0263. The summed E-state index contributed by atoms with van der Waals surface area (Å²) >= 11 is 0. The highest BCUT2D eigenvalue weighted by molar-refractivity contribution is 5.76. The van der Waals surface area contributed by atoms with Gasteiger partial charge in [-0.25, -0.2) is 4.79 Å². The Morgan fingerprint density at radius 2 is 1.66 bits per heavy atom. The van der Waals surface area contributed by atoms with Crippen molar-refractivity contribution in [1.82, 2.24) is 16.0 Å². The van der Waals surface area contributed by atoms with Crippen molar-refractivity contribution in [3.63, 3.8) is 0 Å². The third-order valence-corrected chi connectivity index (χ3v) is 8.30. The molecule has 8 heteroatoms. The number of carboxylic acids is 1. The molecule has 35 heavy (non-hydrogen) atoms. The van der Waals surface area contributed by atoms with E-state index in [0.29, 0.717) is 49.8 Å². The Kier molecular flexibility index (Phi) is 11.6. The predicted molar refractivity (Wildman–Crippen MR) is 135 cm³/mol. The third kappa shape index (κ3) is 10.4. The predicted octanol–water partition coefficient (Wildman–Crippen LogP) is 4.37. The lowest BCUT2D eigenvalue weighted by Crippen LogP contribution is -2.49. The second-order valence-electron chi connectivity index (χ2n) is 11.2. The highest BCUT2D eigenvalue weighted by Gasteiger charge is 2.27. The molecule has 0 aromatic heterocycles. The molecule has 0 aliphatic heterocycles. The van der Waals surface area contributed by atoms with Gasteiger partial charge in [0.05, 0.1) is 6.10 Å². The Hall–Kier alpha value is -1.83. The second-order valence-corrected chi connectivity index (χ2v) is 11.2. The Bertz CT molecular complexity index is 680. The van der Waals surface area contributed by atoms with Crippen LogP contribution in [0.2, 0.25) is 0 Å². The molecule has 0 heterocycles. The molecule has 3 fully saturated rings. The number of ether oxygens (including phenoxy) is 1. The zero-order chi connectivity index (χ0) is 25.0. The Balaban J connectivity index is 1.25. The van der Waals surface area contributed by atoms with Crippen molar-refractivity contribution in [1.29, 1.82) is 0 Å². The summed E-state index contributed by atoms with van der Waals surface area (Å²) in [4.78, 5) is 35.6. The molecule has 3 aliphatic rings. The van der Waals surface area contributed by atoms with Gasteiger partial charge in [-0.3, -0.25) is 9.59 Å². The first-order valence-electron chi connectivity index (χ1n) is 14.1. The average Bonchev–Trinajstić information content (AvgIpc) is 2.83. The molecule has 3 amide bonds. The fourth-order valence-electron chi connectivity index (χ4n) is 6.08. The average molecular weight is 494 g/mol. The van der Waals surface area contributed by atoms with Crippen LogP contribution in [0.4, 0.5) is 4.79 Å². The molecule has 0 aromatic carbocycles. The molecule has 200 valence electrons. The van der Waals surface area contributed by atoms with Crippen LogP contribution in [0.3, 0.4) is 0 Å². The Morgan fingerprint density at radius 3 is 2.40 bits per heavy atom. The van der Waals surface area contributed by atoms with E-state index in [2.05, 4.69) is 22.9 Å². The van der Waals surface area contributed by atoms with Crippen molar-refractivity contribution in [3.05, 3.63) is 0 Å². The molecule has 0 spiro atoms. The summed E-state index contributed by atoms with van der Waals surface area (Å²) in [6.45, 7) is 3.42. The monoisotopic (exact) mass is 493 g/mol. The number of rotatable bonds is 11. The topological polar surface area (TPSA) is 117 Å². The maximum absolute atomic E-state index is 12.5. The molecule has 0 aromatic rings. The summed E-state index contributed by atoms with van der Waals surface area (Å²) in [6.07, 6.45) is 14.2. The van der Waals surface area contributed by atoms with Crippen molar-refractivity contribution in [2.75, 3.05) is 13.2 Å². The number of carbonyl (C=O) groups excluding carboxylic acids is 2. The zero-order valence-corrected chi connectivity index (χ0v) is 21.6. The molecule has 3 aliphatic carbocycles. The van der Waals surface area contributed by atoms with Crippen molar-refractivity contribution in [2.45, 2.75) is 121 Å². The van der Waals surface area contributed by atoms with Gasteiger partial charge in [0.25, 0.3) is 0 Å². The molecule has 0 radical (unpaired) electrons. The number of nitrogens with one attached hydrogen (secondary N) is 3. The van der Waals surface area contributed by atoms with E-state index in [0.717, 1.165) is 57.8 Å². The number of urea groups is 1. The maximum atomic E-state index is 12.5. The number of carboxylic acid groups (broad SMARTS) is 1. The first kappa shape index (κ1) is 27.8. The van der Waals surface area contributed by atoms with E-state index in [4.69, 9.17) is 9.84 Å². The van der Waals surface area contributed by atoms with Crippen molar-refractivity contribution in [3.8, 4) is 0 Å². The minimum Gasteiger partial charge on any atom is -0.481 e.